The van der Waals surface area contributed by atoms with Gasteiger partial charge in [0.2, 0.25) is 0 Å². The molecule has 86 valence electrons. The van der Waals surface area contributed by atoms with Crippen LogP contribution in [-0.4, -0.2) is 16.6 Å². The summed E-state index contributed by atoms with van der Waals surface area (Å²) in [7, 11) is -3.63. The van der Waals surface area contributed by atoms with Crippen molar-refractivity contribution in [3.63, 3.8) is 0 Å². The molecule has 0 saturated carbocycles. The summed E-state index contributed by atoms with van der Waals surface area (Å²) in [5, 5.41) is 0. The quantitative estimate of drug-likeness (QED) is 0.580. The predicted octanol–water partition coefficient (Wildman–Crippen LogP) is 4.13. The molecule has 0 aromatic carbocycles. The highest BCUT2D eigenvalue weighted by Crippen LogP contribution is 2.27. The van der Waals surface area contributed by atoms with Crippen LogP contribution < -0.4 is 0 Å². The molecule has 0 aliphatic rings. The van der Waals surface area contributed by atoms with Crippen LogP contribution in [0.1, 0.15) is 20.8 Å². The Morgan fingerprint density at radius 1 is 0.867 bits per heavy atom. The second kappa shape index (κ2) is 6.25. The van der Waals surface area contributed by atoms with Gasteiger partial charge in [-0.05, 0) is 18.1 Å². The summed E-state index contributed by atoms with van der Waals surface area (Å²) in [4.78, 5) is 0. The molecule has 0 saturated heterocycles. The van der Waals surface area contributed by atoms with E-state index >= 15 is 0 Å². The lowest BCUT2D eigenvalue weighted by atomic mass is 10.9. The Labute approximate surface area is 96.8 Å². The molecule has 0 aliphatic heterocycles. The highest BCUT2D eigenvalue weighted by Gasteiger charge is 2.37. The van der Waals surface area contributed by atoms with Gasteiger partial charge in [-0.15, -0.1) is 19.7 Å². The highest BCUT2D eigenvalue weighted by molar-refractivity contribution is 6.95. The van der Waals surface area contributed by atoms with Gasteiger partial charge in [0.25, 0.3) is 8.32 Å². The van der Waals surface area contributed by atoms with Crippen molar-refractivity contribution in [2.75, 3.05) is 0 Å². The van der Waals surface area contributed by atoms with Crippen molar-refractivity contribution >= 4 is 16.6 Å². The van der Waals surface area contributed by atoms with Gasteiger partial charge in [-0.2, -0.15) is 0 Å². The molecule has 0 heterocycles. The zero-order valence-corrected chi connectivity index (χ0v) is 12.4. The van der Waals surface area contributed by atoms with Crippen molar-refractivity contribution in [3.05, 3.63) is 36.8 Å². The fraction of sp³-hybridized carbons (Fsp3) is 0.500. The van der Waals surface area contributed by atoms with Gasteiger partial charge in [0, 0.05) is 0 Å². The molecule has 3 heteroatoms. The van der Waals surface area contributed by atoms with E-state index in [-0.39, 0.29) is 0 Å². The summed E-state index contributed by atoms with van der Waals surface area (Å²) in [6, 6.07) is 3.47. The smallest absolute Gasteiger partial charge is 0.254 e. The second-order valence-electron chi connectivity index (χ2n) is 3.81. The van der Waals surface area contributed by atoms with Crippen LogP contribution in [0.25, 0.3) is 0 Å². The number of hydrogen-bond donors (Lipinski definition) is 0. The van der Waals surface area contributed by atoms with E-state index in [0.29, 0.717) is 0 Å². The van der Waals surface area contributed by atoms with Gasteiger partial charge in [-0.1, -0.05) is 37.9 Å². The van der Waals surface area contributed by atoms with Gasteiger partial charge in [-0.25, -0.2) is 0 Å². The van der Waals surface area contributed by atoms with Crippen molar-refractivity contribution in [2.24, 2.45) is 0 Å². The first kappa shape index (κ1) is 14.6. The Bertz CT molecular complexity index is 202. The molecule has 0 radical (unpaired) electrons. The van der Waals surface area contributed by atoms with Crippen LogP contribution in [0.3, 0.4) is 0 Å². The zero-order valence-electron chi connectivity index (χ0n) is 10.4. The molecule has 0 N–H and O–H groups in total. The van der Waals surface area contributed by atoms with Gasteiger partial charge in [0.15, 0.2) is 8.32 Å². The first-order valence-electron chi connectivity index (χ1n) is 5.68. The Morgan fingerprint density at radius 3 is 1.40 bits per heavy atom. The van der Waals surface area contributed by atoms with Gasteiger partial charge < -0.3 is 4.12 Å². The van der Waals surface area contributed by atoms with Crippen molar-refractivity contribution in [2.45, 2.75) is 38.9 Å². The van der Waals surface area contributed by atoms with Crippen LogP contribution in [0.5, 0.6) is 0 Å². The molecule has 15 heavy (non-hydrogen) atoms. The van der Waals surface area contributed by atoms with E-state index in [1.807, 2.05) is 17.1 Å². The summed E-state index contributed by atoms with van der Waals surface area (Å²) in [6.07, 6.45) is 0. The molecular weight excluding hydrogens is 216 g/mol. The van der Waals surface area contributed by atoms with Gasteiger partial charge in [-0.3, -0.25) is 0 Å². The monoisotopic (exact) mass is 240 g/mol. The van der Waals surface area contributed by atoms with Crippen molar-refractivity contribution in [3.8, 4) is 0 Å². The molecule has 0 rings (SSSR count). The van der Waals surface area contributed by atoms with E-state index in [2.05, 4.69) is 40.5 Å². The minimum atomic E-state index is -2.06. The maximum absolute atomic E-state index is 6.44. The summed E-state index contributed by atoms with van der Waals surface area (Å²) in [6.45, 7) is 18.3. The average Bonchev–Trinajstić information content (AvgIpc) is 2.33. The lowest BCUT2D eigenvalue weighted by Crippen LogP contribution is -2.48. The lowest BCUT2D eigenvalue weighted by Gasteiger charge is -2.36. The second-order valence-corrected chi connectivity index (χ2v) is 12.0. The number of hydrogen-bond acceptors (Lipinski definition) is 1. The van der Waals surface area contributed by atoms with Crippen LogP contribution in [0.4, 0.5) is 0 Å². The normalized spacial score (nSPS) is 12.2. The fourth-order valence-electron chi connectivity index (χ4n) is 1.72. The van der Waals surface area contributed by atoms with Crippen LogP contribution in [0.2, 0.25) is 18.1 Å². The van der Waals surface area contributed by atoms with E-state index in [0.717, 1.165) is 18.1 Å². The summed E-state index contributed by atoms with van der Waals surface area (Å²) in [5.41, 5.74) is 5.78. The minimum Gasteiger partial charge on any atom is -0.446 e. The Morgan fingerprint density at radius 2 is 1.20 bits per heavy atom. The average molecular weight is 240 g/mol. The first-order chi connectivity index (χ1) is 7.07. The molecule has 0 bridgehead atoms. The van der Waals surface area contributed by atoms with Crippen molar-refractivity contribution in [1.29, 1.82) is 0 Å². The van der Waals surface area contributed by atoms with Crippen molar-refractivity contribution in [1.82, 2.24) is 0 Å². The molecule has 1 nitrogen and oxygen atoms in total. The van der Waals surface area contributed by atoms with E-state index in [4.69, 9.17) is 4.12 Å². The van der Waals surface area contributed by atoms with Gasteiger partial charge in [0.1, 0.15) is 0 Å². The molecule has 0 aromatic rings. The SMILES string of the molecule is C=C[Si](C=C)(C=C)O[Si](CC)(CC)CC. The third kappa shape index (κ3) is 3.29. The van der Waals surface area contributed by atoms with Gasteiger partial charge in [0.05, 0.1) is 0 Å². The fourth-order valence-corrected chi connectivity index (χ4v) is 9.45. The lowest BCUT2D eigenvalue weighted by molar-refractivity contribution is 0.548. The van der Waals surface area contributed by atoms with E-state index in [1.54, 1.807) is 0 Å². The predicted molar refractivity (Wildman–Crippen MR) is 74.6 cm³/mol. The third-order valence-corrected chi connectivity index (χ3v) is 12.2. The van der Waals surface area contributed by atoms with Crippen LogP contribution in [0.15, 0.2) is 36.8 Å². The van der Waals surface area contributed by atoms with E-state index in [9.17, 15) is 0 Å². The molecule has 0 atom stereocenters. The first-order valence-corrected chi connectivity index (χ1v) is 10.4. The van der Waals surface area contributed by atoms with E-state index < -0.39 is 16.6 Å². The highest BCUT2D eigenvalue weighted by atomic mass is 28.4. The maximum atomic E-state index is 6.44. The summed E-state index contributed by atoms with van der Waals surface area (Å²) < 4.78 is 6.44. The van der Waals surface area contributed by atoms with Crippen LogP contribution >= 0.6 is 0 Å². The van der Waals surface area contributed by atoms with Crippen LogP contribution in [0, 0.1) is 0 Å². The maximum Gasteiger partial charge on any atom is 0.254 e. The standard InChI is InChI=1S/C12H24OSi2/c1-7-14(8-2,9-3)13-15(10-4,11-5)12-6/h7-9H,1-3,10-12H2,4-6H3. The van der Waals surface area contributed by atoms with Crippen molar-refractivity contribution < 1.29 is 4.12 Å². The molecular formula is C12H24OSi2. The topological polar surface area (TPSA) is 9.23 Å². The molecule has 0 unspecified atom stereocenters. The molecule has 0 amide bonds. The van der Waals surface area contributed by atoms with E-state index in [1.165, 1.54) is 0 Å². The Kier molecular flexibility index (Phi) is 6.09. The Balaban J connectivity index is 4.98. The zero-order chi connectivity index (χ0) is 11.9. The summed E-state index contributed by atoms with van der Waals surface area (Å²) >= 11 is 0. The molecule has 0 aliphatic carbocycles. The van der Waals surface area contributed by atoms with Crippen LogP contribution in [-0.2, 0) is 4.12 Å². The molecule has 0 aromatic heterocycles. The number of rotatable bonds is 8. The third-order valence-electron chi connectivity index (χ3n) is 3.28. The Hall–Kier alpha value is -0.386. The minimum absolute atomic E-state index is 1.16. The molecule has 0 spiro atoms. The largest absolute Gasteiger partial charge is 0.446 e. The summed E-state index contributed by atoms with van der Waals surface area (Å²) in [5.74, 6) is 0. The van der Waals surface area contributed by atoms with Gasteiger partial charge >= 0.3 is 0 Å². The molecule has 0 fully saturated rings.